The lowest BCUT2D eigenvalue weighted by molar-refractivity contribution is -0.385. The Morgan fingerprint density at radius 3 is 2.38 bits per heavy atom. The molecule has 1 aromatic heterocycles. The highest BCUT2D eigenvalue weighted by molar-refractivity contribution is 7.99. The number of aliphatic hydroxyl groups excluding tert-OH is 1. The van der Waals surface area contributed by atoms with Crippen molar-refractivity contribution in [3.8, 4) is 16.2 Å². The van der Waals surface area contributed by atoms with Gasteiger partial charge < -0.3 is 40.2 Å². The predicted octanol–water partition coefficient (Wildman–Crippen LogP) is 6.02. The number of hydrogen-bond donors (Lipinski definition) is 4. The number of nitro groups is 1. The molecule has 0 spiro atoms. The monoisotopic (exact) mass is 832 g/mol. The first-order valence-electron chi connectivity index (χ1n) is 18.9. The summed E-state index contributed by atoms with van der Waals surface area (Å²) in [6.07, 6.45) is -0.803. The van der Waals surface area contributed by atoms with Gasteiger partial charge >= 0.3 is 0 Å². The number of fused-ring (bicyclic) bond motifs is 2. The average Bonchev–Trinajstić information content (AvgIpc) is 3.81. The zero-order valence-electron chi connectivity index (χ0n) is 33.0. The van der Waals surface area contributed by atoms with Gasteiger partial charge in [-0.25, -0.2) is 4.98 Å². The number of rotatable bonds is 16. The van der Waals surface area contributed by atoms with E-state index in [0.717, 1.165) is 42.9 Å². The van der Waals surface area contributed by atoms with Gasteiger partial charge in [-0.05, 0) is 54.7 Å². The Bertz CT molecular complexity index is 2120. The number of hydrogen-bond acceptors (Lipinski definition) is 13. The quantitative estimate of drug-likeness (QED) is 0.0514. The highest BCUT2D eigenvalue weighted by Crippen LogP contribution is 2.46. The number of carbonyl (C=O) groups excluding carboxylic acids is 3. The van der Waals surface area contributed by atoms with Gasteiger partial charge in [-0.1, -0.05) is 56.8 Å². The highest BCUT2D eigenvalue weighted by atomic mass is 32.2. The molecule has 0 radical (unpaired) electrons. The highest BCUT2D eigenvalue weighted by Gasteiger charge is 2.44. The Morgan fingerprint density at radius 2 is 1.69 bits per heavy atom. The second-order valence-electron chi connectivity index (χ2n) is 15.2. The van der Waals surface area contributed by atoms with Crippen LogP contribution in [-0.2, 0) is 23.9 Å². The topological polar surface area (TPSA) is 194 Å². The number of anilines is 2. The number of ether oxygens (including phenoxy) is 3. The molecular weight excluding hydrogens is 785 g/mol. The number of amides is 3. The third kappa shape index (κ3) is 10.5. The molecule has 4 aromatic rings. The lowest BCUT2D eigenvalue weighted by Gasteiger charge is -2.35. The average molecular weight is 833 g/mol. The molecule has 17 heteroatoms. The number of aromatic nitrogens is 1. The fraction of sp³-hybridized carbons (Fsp3) is 0.415. The molecule has 3 amide bonds. The Hall–Kier alpha value is -5.07. The SMILES string of the molecule is Cc1ncsc1-c1ccc([C@H](C)NC(=O)[C@@H]2C[C@@H](O)CN2C(=O)[C@@H](NC(=O)COCCOCCOc2ccc3c(c2)Sc2cc([N+](=O)[O-])ccc2N3)C(C)(C)C)cc1. The number of nitrogens with zero attached hydrogens (tertiary/aromatic N) is 3. The van der Waals surface area contributed by atoms with E-state index in [4.69, 9.17) is 14.2 Å². The van der Waals surface area contributed by atoms with E-state index in [1.807, 2.05) is 82.6 Å². The van der Waals surface area contributed by atoms with E-state index in [0.29, 0.717) is 5.75 Å². The fourth-order valence-electron chi connectivity index (χ4n) is 6.68. The standard InChI is InChI=1S/C41H48N6O9S2/c1-24(26-6-8-27(9-7-26)37-25(2)42-23-57-37)43-39(50)33-19-29(48)21-46(33)40(51)38(41(3,4)5)45-36(49)22-55-15-14-54-16-17-56-30-11-13-32-35(20-30)58-34-18-28(47(52)53)10-12-31(34)44-32/h6-13,18,20,23-24,29,33,38,44,48H,14-17,19,21-22H2,1-5H3,(H,43,50)(H,45,49)/t24-,29+,33-,38+/m0/s1. The van der Waals surface area contributed by atoms with Crippen molar-refractivity contribution in [1.29, 1.82) is 0 Å². The molecule has 4 atom stereocenters. The van der Waals surface area contributed by atoms with Gasteiger partial charge in [0, 0.05) is 34.9 Å². The molecule has 0 saturated carbocycles. The van der Waals surface area contributed by atoms with Gasteiger partial charge in [0.25, 0.3) is 5.69 Å². The van der Waals surface area contributed by atoms with Crippen LogP contribution in [0, 0.1) is 22.5 Å². The Labute approximate surface area is 345 Å². The Kier molecular flexibility index (Phi) is 13.7. The molecule has 1 saturated heterocycles. The van der Waals surface area contributed by atoms with Crippen LogP contribution in [0.4, 0.5) is 17.1 Å². The van der Waals surface area contributed by atoms with E-state index in [1.54, 1.807) is 17.4 Å². The van der Waals surface area contributed by atoms with Crippen LogP contribution in [0.1, 0.15) is 51.4 Å². The minimum Gasteiger partial charge on any atom is -0.491 e. The summed E-state index contributed by atoms with van der Waals surface area (Å²) in [6, 6.07) is 15.9. The summed E-state index contributed by atoms with van der Waals surface area (Å²) in [6.45, 7) is 9.81. The molecule has 2 aliphatic heterocycles. The number of likely N-dealkylation sites (tertiary alicyclic amines) is 1. The van der Waals surface area contributed by atoms with Crippen LogP contribution in [0.15, 0.2) is 76.0 Å². The second kappa shape index (κ2) is 18.7. The second-order valence-corrected chi connectivity index (χ2v) is 17.2. The van der Waals surface area contributed by atoms with Gasteiger partial charge in [0.05, 0.1) is 64.3 Å². The van der Waals surface area contributed by atoms with Gasteiger partial charge in [0.15, 0.2) is 0 Å². The van der Waals surface area contributed by atoms with Crippen molar-refractivity contribution in [3.05, 3.63) is 87.5 Å². The van der Waals surface area contributed by atoms with E-state index < -0.39 is 40.3 Å². The molecule has 0 bridgehead atoms. The normalized spacial score (nSPS) is 17.0. The summed E-state index contributed by atoms with van der Waals surface area (Å²) in [4.78, 5) is 59.7. The van der Waals surface area contributed by atoms with E-state index in [-0.39, 0.29) is 63.6 Å². The van der Waals surface area contributed by atoms with Crippen LogP contribution in [0.25, 0.3) is 10.4 Å². The molecule has 0 unspecified atom stereocenters. The molecule has 3 heterocycles. The van der Waals surface area contributed by atoms with Crippen molar-refractivity contribution >= 4 is 57.9 Å². The maximum absolute atomic E-state index is 14.0. The minimum atomic E-state index is -0.983. The van der Waals surface area contributed by atoms with Crippen LogP contribution in [0.3, 0.4) is 0 Å². The Balaban J connectivity index is 0.921. The van der Waals surface area contributed by atoms with Gasteiger partial charge in [-0.3, -0.25) is 24.5 Å². The summed E-state index contributed by atoms with van der Waals surface area (Å²) < 4.78 is 17.0. The number of aryl methyl sites for hydroxylation is 1. The lowest BCUT2D eigenvalue weighted by Crippen LogP contribution is -2.58. The fourth-order valence-corrected chi connectivity index (χ4v) is 8.54. The zero-order chi connectivity index (χ0) is 41.6. The molecule has 1 fully saturated rings. The third-order valence-corrected chi connectivity index (χ3v) is 11.9. The number of thiazole rings is 1. The third-order valence-electron chi connectivity index (χ3n) is 9.78. The van der Waals surface area contributed by atoms with Gasteiger partial charge in [-0.2, -0.15) is 0 Å². The number of aliphatic hydroxyl groups is 1. The van der Waals surface area contributed by atoms with E-state index >= 15 is 0 Å². The maximum atomic E-state index is 14.0. The molecular formula is C41H48N6O9S2. The molecule has 15 nitrogen and oxygen atoms in total. The van der Waals surface area contributed by atoms with E-state index in [1.165, 1.54) is 28.8 Å². The first-order valence-corrected chi connectivity index (χ1v) is 20.6. The molecule has 3 aromatic carbocycles. The van der Waals surface area contributed by atoms with Crippen molar-refractivity contribution in [1.82, 2.24) is 20.5 Å². The van der Waals surface area contributed by atoms with Gasteiger partial charge in [0.1, 0.15) is 31.0 Å². The maximum Gasteiger partial charge on any atom is 0.270 e. The first-order chi connectivity index (χ1) is 27.7. The van der Waals surface area contributed by atoms with Crippen molar-refractivity contribution in [2.24, 2.45) is 5.41 Å². The summed E-state index contributed by atoms with van der Waals surface area (Å²) in [5.74, 6) is -0.719. The number of carbonyl (C=O) groups is 3. The lowest BCUT2D eigenvalue weighted by atomic mass is 9.85. The smallest absolute Gasteiger partial charge is 0.270 e. The van der Waals surface area contributed by atoms with Crippen LogP contribution >= 0.6 is 23.1 Å². The van der Waals surface area contributed by atoms with Crippen LogP contribution in [-0.4, -0.2) is 95.4 Å². The van der Waals surface area contributed by atoms with Crippen LogP contribution in [0.5, 0.6) is 5.75 Å². The van der Waals surface area contributed by atoms with E-state index in [9.17, 15) is 29.6 Å². The summed E-state index contributed by atoms with van der Waals surface area (Å²) in [5.41, 5.74) is 5.69. The number of β-amino-alcohol motifs (C(OH)–C–C–N with tert-alkyl or cyclic N) is 1. The van der Waals surface area contributed by atoms with Crippen molar-refractivity contribution in [3.63, 3.8) is 0 Å². The summed E-state index contributed by atoms with van der Waals surface area (Å²) >= 11 is 2.99. The van der Waals surface area contributed by atoms with E-state index in [2.05, 4.69) is 20.9 Å². The number of non-ortho nitro benzene ring substituents is 1. The predicted molar refractivity (Wildman–Crippen MR) is 220 cm³/mol. The van der Waals surface area contributed by atoms with Crippen LogP contribution < -0.4 is 20.7 Å². The largest absolute Gasteiger partial charge is 0.491 e. The summed E-state index contributed by atoms with van der Waals surface area (Å²) in [7, 11) is 0. The number of nitro benzene ring substituents is 1. The molecule has 4 N–H and O–H groups in total. The molecule has 6 rings (SSSR count). The van der Waals surface area contributed by atoms with Crippen molar-refractivity contribution in [2.75, 3.05) is 44.9 Å². The van der Waals surface area contributed by atoms with Crippen LogP contribution in [0.2, 0.25) is 0 Å². The summed E-state index contributed by atoms with van der Waals surface area (Å²) in [5, 5.41) is 30.8. The first kappa shape index (κ1) is 42.5. The molecule has 0 aliphatic carbocycles. The van der Waals surface area contributed by atoms with Gasteiger partial charge in [0.2, 0.25) is 17.7 Å². The molecule has 58 heavy (non-hydrogen) atoms. The van der Waals surface area contributed by atoms with Crippen molar-refractivity contribution < 1.29 is 38.6 Å². The minimum absolute atomic E-state index is 0.0253. The molecule has 308 valence electrons. The number of benzene rings is 3. The zero-order valence-corrected chi connectivity index (χ0v) is 34.6. The Morgan fingerprint density at radius 1 is 1.00 bits per heavy atom. The van der Waals surface area contributed by atoms with Crippen molar-refractivity contribution in [2.45, 2.75) is 75.1 Å². The molecule has 2 aliphatic rings. The number of nitrogens with one attached hydrogen (secondary N) is 3. The van der Waals surface area contributed by atoms with Gasteiger partial charge in [-0.15, -0.1) is 11.3 Å².